The fourth-order valence-electron chi connectivity index (χ4n) is 7.29. The number of amides is 3. The number of carbonyl (C=O) groups excluding carboxylic acids is 3. The second kappa shape index (κ2) is 17.9. The molecule has 3 fully saturated rings. The summed E-state index contributed by atoms with van der Waals surface area (Å²) in [6.07, 6.45) is 9.93. The Kier molecular flexibility index (Phi) is 12.1. The zero-order valence-electron chi connectivity index (χ0n) is 32.8. The van der Waals surface area contributed by atoms with Crippen molar-refractivity contribution in [3.8, 4) is 17.2 Å². The van der Waals surface area contributed by atoms with E-state index < -0.39 is 60.2 Å². The van der Waals surface area contributed by atoms with Crippen molar-refractivity contribution in [3.63, 3.8) is 0 Å². The molecule has 62 heavy (non-hydrogen) atoms. The fraction of sp³-hybridized carbons (Fsp3) is 0.286. The number of rotatable bonds is 9. The lowest BCUT2D eigenvalue weighted by atomic mass is 10.2. The molecule has 320 valence electrons. The second-order valence-electron chi connectivity index (χ2n) is 14.8. The maximum absolute atomic E-state index is 15.3. The molecule has 0 bridgehead atoms. The number of halogens is 3. The number of hydrogen-bond acceptors (Lipinski definition) is 13. The van der Waals surface area contributed by atoms with E-state index in [1.54, 1.807) is 0 Å². The molecule has 6 heterocycles. The largest absolute Gasteiger partial charge is 0.647 e. The lowest BCUT2D eigenvalue weighted by Crippen LogP contribution is -2.23. The van der Waals surface area contributed by atoms with Gasteiger partial charge in [0, 0.05) is 74.2 Å². The summed E-state index contributed by atoms with van der Waals surface area (Å²) in [6, 6.07) is 9.90. The molecule has 13 nitrogen and oxygen atoms in total. The van der Waals surface area contributed by atoms with Crippen LogP contribution in [0.5, 0.6) is 17.2 Å². The van der Waals surface area contributed by atoms with Gasteiger partial charge in [-0.05, 0) is 128 Å². The number of phosphoric acid groups is 1. The molecule has 3 saturated heterocycles. The minimum absolute atomic E-state index is 0.0785. The predicted octanol–water partition coefficient (Wildman–Crippen LogP) is 8.95. The minimum atomic E-state index is -5.27. The summed E-state index contributed by atoms with van der Waals surface area (Å²) < 4.78 is 78.6. The Morgan fingerprint density at radius 1 is 0.484 bits per heavy atom. The third kappa shape index (κ3) is 9.40. The minimum Gasteiger partial charge on any atom is -0.385 e. The Morgan fingerprint density at radius 2 is 0.758 bits per heavy atom. The first kappa shape index (κ1) is 42.1. The average molecular weight is 921 g/mol. The number of benzene rings is 3. The Balaban J connectivity index is 1.08. The van der Waals surface area contributed by atoms with Crippen LogP contribution in [0.3, 0.4) is 0 Å². The quantitative estimate of drug-likeness (QED) is 0.149. The first-order chi connectivity index (χ1) is 29.9. The van der Waals surface area contributed by atoms with Crippen molar-refractivity contribution in [2.75, 3.05) is 39.3 Å². The standard InChI is InChI=1S/C42H36F3N6O7PS3/c43-28-10-7-25(19-34-37(52)46-40(60-34)49-13-1-2-14-49)31(22-28)56-59(55,57-32-23-29(44)11-8-26(32)20-35-38(53)47-41(61-35)50-15-3-4-16-50)58-33-24-30(45)12-9-27(33)21-36-39(54)48-42(62-36)51-17-5-6-18-51/h7-12,19-24H,1-6,13-18H2/b34-19-,35-20-,36-21-. The van der Waals surface area contributed by atoms with E-state index in [1.165, 1.54) is 36.4 Å². The van der Waals surface area contributed by atoms with Gasteiger partial charge in [-0.15, -0.1) is 0 Å². The van der Waals surface area contributed by atoms with E-state index in [4.69, 9.17) is 13.6 Å². The highest BCUT2D eigenvalue weighted by Crippen LogP contribution is 2.53. The van der Waals surface area contributed by atoms with Gasteiger partial charge in [-0.2, -0.15) is 19.5 Å². The molecular weight excluding hydrogens is 885 g/mol. The van der Waals surface area contributed by atoms with Crippen LogP contribution in [0.2, 0.25) is 0 Å². The van der Waals surface area contributed by atoms with Gasteiger partial charge in [0.1, 0.15) is 34.7 Å². The van der Waals surface area contributed by atoms with Crippen molar-refractivity contribution in [2.24, 2.45) is 15.0 Å². The summed E-state index contributed by atoms with van der Waals surface area (Å²) in [7, 11) is -5.27. The lowest BCUT2D eigenvalue weighted by Gasteiger charge is -2.22. The van der Waals surface area contributed by atoms with Crippen molar-refractivity contribution in [1.82, 2.24) is 14.7 Å². The molecule has 0 N–H and O–H groups in total. The highest BCUT2D eigenvalue weighted by molar-refractivity contribution is 8.19. The van der Waals surface area contributed by atoms with Gasteiger partial charge >= 0.3 is 7.82 Å². The number of hydrogen-bond donors (Lipinski definition) is 0. The molecule has 0 aromatic heterocycles. The summed E-state index contributed by atoms with van der Waals surface area (Å²) >= 11 is 3.38. The number of aliphatic imine (C=N–C) groups is 3. The van der Waals surface area contributed by atoms with Gasteiger partial charge in [-0.3, -0.25) is 14.4 Å². The van der Waals surface area contributed by atoms with Crippen LogP contribution in [0, 0.1) is 17.5 Å². The van der Waals surface area contributed by atoms with Crippen LogP contribution in [0.15, 0.2) is 84.3 Å². The molecule has 0 atom stereocenters. The topological polar surface area (TPSA) is 143 Å². The molecule has 3 amide bonds. The molecular formula is C42H36F3N6O7PS3. The first-order valence-corrected chi connectivity index (χ1v) is 23.8. The SMILES string of the molecule is O=C1N=C(N2CCCC2)S/C1=C\c1ccc(F)cc1OP(=O)(Oc1cc(F)ccc1/C=C1\SC(N2CCCC2)=NC1=O)Oc1cc(F)ccc1/C=C1\SC(N2CCCC2)=NC1=O. The maximum Gasteiger partial charge on any atom is 0.647 e. The van der Waals surface area contributed by atoms with Gasteiger partial charge in [0.2, 0.25) is 0 Å². The molecule has 3 aromatic rings. The van der Waals surface area contributed by atoms with Crippen molar-refractivity contribution >= 4 is 94.6 Å². The highest BCUT2D eigenvalue weighted by atomic mass is 32.2. The number of phosphoric ester groups is 1. The summed E-state index contributed by atoms with van der Waals surface area (Å²) in [6.45, 7) is 4.45. The molecule has 0 saturated carbocycles. The van der Waals surface area contributed by atoms with E-state index in [2.05, 4.69) is 15.0 Å². The van der Waals surface area contributed by atoms with Crippen LogP contribution in [0.4, 0.5) is 13.2 Å². The molecule has 0 radical (unpaired) electrons. The Morgan fingerprint density at radius 3 is 1.03 bits per heavy atom. The summed E-state index contributed by atoms with van der Waals surface area (Å²) in [4.78, 5) is 58.3. The molecule has 9 rings (SSSR count). The smallest absolute Gasteiger partial charge is 0.385 e. The van der Waals surface area contributed by atoms with E-state index in [9.17, 15) is 14.4 Å². The number of nitrogens with zero attached hydrogens (tertiary/aromatic N) is 6. The van der Waals surface area contributed by atoms with Gasteiger partial charge in [0.05, 0.1) is 14.7 Å². The Bertz CT molecular complexity index is 2340. The predicted molar refractivity (Wildman–Crippen MR) is 235 cm³/mol. The number of carbonyl (C=O) groups is 3. The van der Waals surface area contributed by atoms with E-state index in [-0.39, 0.29) is 31.4 Å². The summed E-state index contributed by atoms with van der Waals surface area (Å²) in [5, 5.41) is 1.57. The zero-order valence-corrected chi connectivity index (χ0v) is 36.1. The van der Waals surface area contributed by atoms with Crippen LogP contribution in [0.25, 0.3) is 18.2 Å². The van der Waals surface area contributed by atoms with Crippen molar-refractivity contribution in [2.45, 2.75) is 38.5 Å². The number of likely N-dealkylation sites (tertiary alicyclic amines) is 3. The van der Waals surface area contributed by atoms with E-state index in [1.807, 2.05) is 14.7 Å². The van der Waals surface area contributed by atoms with E-state index in [0.29, 0.717) is 15.5 Å². The van der Waals surface area contributed by atoms with Crippen LogP contribution >= 0.6 is 43.1 Å². The van der Waals surface area contributed by atoms with Crippen LogP contribution in [-0.4, -0.2) is 87.2 Å². The Labute approximate surface area is 366 Å². The van der Waals surface area contributed by atoms with Gasteiger partial charge in [0.15, 0.2) is 15.5 Å². The number of amidine groups is 3. The average Bonchev–Trinajstić information content (AvgIpc) is 4.10. The van der Waals surface area contributed by atoms with Gasteiger partial charge in [-0.1, -0.05) is 0 Å². The molecule has 6 aliphatic heterocycles. The Hall–Kier alpha value is -5.23. The molecule has 20 heteroatoms. The molecule has 0 aliphatic carbocycles. The van der Waals surface area contributed by atoms with E-state index >= 15 is 17.7 Å². The third-order valence-corrected chi connectivity index (χ3v) is 14.8. The molecule has 6 aliphatic rings. The molecule has 0 spiro atoms. The normalized spacial score (nSPS) is 21.3. The van der Waals surface area contributed by atoms with Crippen molar-refractivity contribution < 1.29 is 45.7 Å². The van der Waals surface area contributed by atoms with Crippen molar-refractivity contribution in [1.29, 1.82) is 0 Å². The zero-order chi connectivity index (χ0) is 43.0. The second-order valence-corrected chi connectivity index (χ2v) is 19.2. The van der Waals surface area contributed by atoms with Gasteiger partial charge in [0.25, 0.3) is 17.7 Å². The first-order valence-electron chi connectivity index (χ1n) is 19.9. The maximum atomic E-state index is 15.3. The molecule has 3 aromatic carbocycles. The number of thioether (sulfide) groups is 3. The third-order valence-electron chi connectivity index (χ3n) is 10.4. The van der Waals surface area contributed by atoms with Crippen LogP contribution in [0.1, 0.15) is 55.2 Å². The van der Waals surface area contributed by atoms with Crippen LogP contribution in [-0.2, 0) is 18.9 Å². The van der Waals surface area contributed by atoms with Crippen LogP contribution < -0.4 is 13.6 Å². The van der Waals surface area contributed by atoms with Crippen molar-refractivity contribution in [3.05, 3.63) is 103 Å². The fourth-order valence-corrected chi connectivity index (χ4v) is 11.5. The van der Waals surface area contributed by atoms with E-state index in [0.717, 1.165) is 149 Å². The van der Waals surface area contributed by atoms with Gasteiger partial charge in [-0.25, -0.2) is 13.2 Å². The van der Waals surface area contributed by atoms with Gasteiger partial charge < -0.3 is 28.3 Å². The highest BCUT2D eigenvalue weighted by Gasteiger charge is 2.38. The summed E-state index contributed by atoms with van der Waals surface area (Å²) in [5.74, 6) is -5.31. The lowest BCUT2D eigenvalue weighted by molar-refractivity contribution is -0.114. The summed E-state index contributed by atoms with van der Waals surface area (Å²) in [5.41, 5.74) is 0.236. The monoisotopic (exact) mass is 920 g/mol. The molecule has 0 unspecified atom stereocenters.